The Bertz CT molecular complexity index is 635. The molecule has 2 heteroatoms. The third kappa shape index (κ3) is 3.74. The van der Waals surface area contributed by atoms with Crippen LogP contribution in [-0.4, -0.2) is 18.3 Å². The van der Waals surface area contributed by atoms with Crippen LogP contribution in [0.4, 0.5) is 5.69 Å². The van der Waals surface area contributed by atoms with Crippen LogP contribution >= 0.6 is 0 Å². The van der Waals surface area contributed by atoms with Crippen molar-refractivity contribution in [3.63, 3.8) is 0 Å². The molecule has 0 aliphatic heterocycles. The van der Waals surface area contributed by atoms with Gasteiger partial charge in [-0.3, -0.25) is 0 Å². The average Bonchev–Trinajstić information content (AvgIpc) is 2.52. The van der Waals surface area contributed by atoms with E-state index in [0.717, 1.165) is 22.4 Å². The van der Waals surface area contributed by atoms with E-state index in [4.69, 9.17) is 5.11 Å². The van der Waals surface area contributed by atoms with Gasteiger partial charge in [0.1, 0.15) is 0 Å². The third-order valence-electron chi connectivity index (χ3n) is 2.82. The van der Waals surface area contributed by atoms with E-state index in [1.54, 1.807) is 0 Å². The van der Waals surface area contributed by atoms with Crippen molar-refractivity contribution in [1.82, 2.24) is 0 Å². The summed E-state index contributed by atoms with van der Waals surface area (Å²) in [6.45, 7) is 4.61. The van der Waals surface area contributed by atoms with Crippen LogP contribution in [0.5, 0.6) is 0 Å². The van der Waals surface area contributed by atoms with Crippen LogP contribution in [0, 0.1) is 11.8 Å². The van der Waals surface area contributed by atoms with Gasteiger partial charge in [0.05, 0.1) is 6.61 Å². The first-order chi connectivity index (χ1) is 9.81. The molecule has 2 rings (SSSR count). The number of benzene rings is 2. The molecular weight excluding hydrogens is 246 g/mol. The maximum absolute atomic E-state index is 8.87. The van der Waals surface area contributed by atoms with Gasteiger partial charge < -0.3 is 10.4 Å². The first kappa shape index (κ1) is 13.9. The summed E-state index contributed by atoms with van der Waals surface area (Å²) in [6.07, 6.45) is 0. The zero-order chi connectivity index (χ0) is 14.2. The van der Waals surface area contributed by atoms with Crippen LogP contribution in [0.3, 0.4) is 0 Å². The zero-order valence-corrected chi connectivity index (χ0v) is 11.3. The second kappa shape index (κ2) is 7.18. The molecule has 0 aliphatic rings. The van der Waals surface area contributed by atoms with E-state index in [2.05, 4.69) is 23.7 Å². The molecule has 2 aromatic rings. The quantitative estimate of drug-likeness (QED) is 0.830. The number of hydrogen-bond acceptors (Lipinski definition) is 2. The molecule has 2 aromatic carbocycles. The molecule has 0 spiro atoms. The van der Waals surface area contributed by atoms with E-state index in [1.807, 2.05) is 54.6 Å². The van der Waals surface area contributed by atoms with Gasteiger partial charge >= 0.3 is 0 Å². The molecule has 0 amide bonds. The van der Waals surface area contributed by atoms with E-state index in [1.165, 1.54) is 0 Å². The molecule has 20 heavy (non-hydrogen) atoms. The second-order valence-corrected chi connectivity index (χ2v) is 4.29. The number of rotatable bonds is 4. The van der Waals surface area contributed by atoms with Crippen LogP contribution < -0.4 is 5.32 Å². The van der Waals surface area contributed by atoms with E-state index >= 15 is 0 Å². The van der Waals surface area contributed by atoms with E-state index in [9.17, 15) is 0 Å². The van der Waals surface area contributed by atoms with Crippen molar-refractivity contribution in [2.24, 2.45) is 0 Å². The Labute approximate surface area is 119 Å². The average molecular weight is 263 g/mol. The summed E-state index contributed by atoms with van der Waals surface area (Å²) in [5.74, 6) is 6.21. The van der Waals surface area contributed by atoms with Crippen molar-refractivity contribution >= 4 is 11.3 Å². The highest BCUT2D eigenvalue weighted by Gasteiger charge is 1.98. The van der Waals surface area contributed by atoms with Crippen LogP contribution in [0.1, 0.15) is 11.1 Å². The topological polar surface area (TPSA) is 32.3 Å². The minimum absolute atomic E-state index is 0.0957. The van der Waals surface area contributed by atoms with Gasteiger partial charge in [-0.1, -0.05) is 60.9 Å². The number of para-hydroxylation sites is 1. The smallest absolute Gasteiger partial charge is 0.0604 e. The molecule has 0 fully saturated rings. The van der Waals surface area contributed by atoms with E-state index in [0.29, 0.717) is 6.54 Å². The Hall–Kier alpha value is -2.50. The number of aliphatic hydroxyl groups is 1. The van der Waals surface area contributed by atoms with Crippen LogP contribution in [0.2, 0.25) is 0 Å². The lowest BCUT2D eigenvalue weighted by atomic mass is 10.1. The molecule has 2 nitrogen and oxygen atoms in total. The van der Waals surface area contributed by atoms with Crippen LogP contribution in [0.15, 0.2) is 61.2 Å². The molecule has 0 aliphatic carbocycles. The highest BCUT2D eigenvalue weighted by atomic mass is 16.3. The Kier molecular flexibility index (Phi) is 5.00. The van der Waals surface area contributed by atoms with Crippen molar-refractivity contribution in [2.75, 3.05) is 18.5 Å². The Morgan fingerprint density at radius 3 is 2.50 bits per heavy atom. The van der Waals surface area contributed by atoms with Crippen molar-refractivity contribution in [2.45, 2.75) is 0 Å². The lowest BCUT2D eigenvalue weighted by Gasteiger charge is -2.06. The number of anilines is 1. The summed E-state index contributed by atoms with van der Waals surface area (Å²) in [5, 5.41) is 12.0. The number of aliphatic hydroxyl groups excluding tert-OH is 1. The Morgan fingerprint density at radius 1 is 1.05 bits per heavy atom. The second-order valence-electron chi connectivity index (χ2n) is 4.29. The minimum Gasteiger partial charge on any atom is -0.395 e. The van der Waals surface area contributed by atoms with Crippen LogP contribution in [-0.2, 0) is 0 Å². The maximum Gasteiger partial charge on any atom is 0.0604 e. The SMILES string of the molecule is C=C(C#Cc1ccccc1NCCO)c1ccccc1. The summed E-state index contributed by atoms with van der Waals surface area (Å²) < 4.78 is 0. The molecule has 0 saturated carbocycles. The summed E-state index contributed by atoms with van der Waals surface area (Å²) in [5.41, 5.74) is 3.65. The Balaban J connectivity index is 2.18. The Morgan fingerprint density at radius 2 is 1.75 bits per heavy atom. The highest BCUT2D eigenvalue weighted by Crippen LogP contribution is 2.15. The fourth-order valence-corrected chi connectivity index (χ4v) is 1.79. The molecule has 2 N–H and O–H groups in total. The normalized spacial score (nSPS) is 9.45. The lowest BCUT2D eigenvalue weighted by molar-refractivity contribution is 0.311. The first-order valence-electron chi connectivity index (χ1n) is 6.51. The molecular formula is C18H17NO. The highest BCUT2D eigenvalue weighted by molar-refractivity contribution is 5.78. The van der Waals surface area contributed by atoms with Gasteiger partial charge in [0.15, 0.2) is 0 Å². The molecule has 0 atom stereocenters. The van der Waals surface area contributed by atoms with Gasteiger partial charge in [0.25, 0.3) is 0 Å². The molecule has 0 bridgehead atoms. The van der Waals surface area contributed by atoms with E-state index < -0.39 is 0 Å². The summed E-state index contributed by atoms with van der Waals surface area (Å²) >= 11 is 0. The molecule has 0 unspecified atom stereocenters. The predicted molar refractivity (Wildman–Crippen MR) is 84.4 cm³/mol. The number of nitrogens with one attached hydrogen (secondary N) is 1. The molecule has 0 radical (unpaired) electrons. The number of hydrogen-bond donors (Lipinski definition) is 2. The molecule has 0 aromatic heterocycles. The van der Waals surface area contributed by atoms with E-state index in [-0.39, 0.29) is 6.61 Å². The van der Waals surface area contributed by atoms with Crippen molar-refractivity contribution in [3.05, 3.63) is 72.3 Å². The standard InChI is InChI=1S/C18H17NO/c1-15(16-7-3-2-4-8-16)11-12-17-9-5-6-10-18(17)19-13-14-20/h2-10,19-20H,1,13-14H2. The van der Waals surface area contributed by atoms with Crippen molar-refractivity contribution < 1.29 is 5.11 Å². The molecule has 100 valence electrons. The maximum atomic E-state index is 8.87. The van der Waals surface area contributed by atoms with Gasteiger partial charge in [-0.2, -0.15) is 0 Å². The third-order valence-corrected chi connectivity index (χ3v) is 2.82. The van der Waals surface area contributed by atoms with Gasteiger partial charge in [0, 0.05) is 23.4 Å². The monoisotopic (exact) mass is 263 g/mol. The first-order valence-corrected chi connectivity index (χ1v) is 6.51. The van der Waals surface area contributed by atoms with Gasteiger partial charge in [0.2, 0.25) is 0 Å². The fourth-order valence-electron chi connectivity index (χ4n) is 1.79. The van der Waals surface area contributed by atoms with Gasteiger partial charge in [-0.05, 0) is 17.7 Å². The largest absolute Gasteiger partial charge is 0.395 e. The number of allylic oxidation sites excluding steroid dienone is 1. The summed E-state index contributed by atoms with van der Waals surface area (Å²) in [6, 6.07) is 17.7. The molecule has 0 saturated heterocycles. The zero-order valence-electron chi connectivity index (χ0n) is 11.3. The molecule has 0 heterocycles. The van der Waals surface area contributed by atoms with Crippen LogP contribution in [0.25, 0.3) is 5.57 Å². The summed E-state index contributed by atoms with van der Waals surface area (Å²) in [4.78, 5) is 0. The van der Waals surface area contributed by atoms with Gasteiger partial charge in [-0.25, -0.2) is 0 Å². The van der Waals surface area contributed by atoms with Crippen molar-refractivity contribution in [3.8, 4) is 11.8 Å². The lowest BCUT2D eigenvalue weighted by Crippen LogP contribution is -2.06. The fraction of sp³-hybridized carbons (Fsp3) is 0.111. The van der Waals surface area contributed by atoms with Gasteiger partial charge in [-0.15, -0.1) is 0 Å². The minimum atomic E-state index is 0.0957. The summed E-state index contributed by atoms with van der Waals surface area (Å²) in [7, 11) is 0. The predicted octanol–water partition coefficient (Wildman–Crippen LogP) is 3.16. The van der Waals surface area contributed by atoms with Crippen molar-refractivity contribution in [1.29, 1.82) is 0 Å².